The minimum atomic E-state index is -3.53. The number of rotatable bonds is 19. The molecule has 6 aromatic rings. The van der Waals surface area contributed by atoms with Crippen LogP contribution in [-0.2, 0) is 32.5 Å². The van der Waals surface area contributed by atoms with Gasteiger partial charge in [0.2, 0.25) is 11.9 Å². The van der Waals surface area contributed by atoms with E-state index in [0.29, 0.717) is 58.9 Å². The second-order valence-corrected chi connectivity index (χ2v) is 21.5. The number of ether oxygens (including phenoxy) is 2. The van der Waals surface area contributed by atoms with Gasteiger partial charge in [0.05, 0.1) is 69.7 Å². The number of hydrogen-bond donors (Lipinski definition) is 7. The first kappa shape index (κ1) is 52.9. The molecule has 0 fully saturated rings. The highest BCUT2D eigenvalue weighted by atomic mass is 35.5. The predicted molar refractivity (Wildman–Crippen MR) is 277 cm³/mol. The zero-order valence-electron chi connectivity index (χ0n) is 38.5. The Bertz CT molecular complexity index is 2930. The summed E-state index contributed by atoms with van der Waals surface area (Å²) < 4.78 is 62.0. The van der Waals surface area contributed by atoms with Crippen LogP contribution in [0, 0.1) is 0 Å². The molecule has 68 heavy (non-hydrogen) atoms. The molecule has 0 aliphatic carbocycles. The first-order valence-electron chi connectivity index (χ1n) is 21.2. The van der Waals surface area contributed by atoms with Crippen LogP contribution in [0.3, 0.4) is 0 Å². The second kappa shape index (κ2) is 24.3. The quantitative estimate of drug-likeness (QED) is 0.0376. The van der Waals surface area contributed by atoms with Crippen LogP contribution in [0.25, 0.3) is 0 Å². The van der Waals surface area contributed by atoms with Gasteiger partial charge in [0, 0.05) is 13.6 Å². The van der Waals surface area contributed by atoms with E-state index in [2.05, 4.69) is 51.8 Å². The van der Waals surface area contributed by atoms with Gasteiger partial charge in [-0.1, -0.05) is 59.6 Å². The van der Waals surface area contributed by atoms with Crippen molar-refractivity contribution >= 4 is 106 Å². The van der Waals surface area contributed by atoms with Crippen LogP contribution >= 0.6 is 35.4 Å². The standard InChI is InChI=1S/C24H29ClN6O3S2.C22H26ClN5O3S/c1-15(2)36(32,33)21-8-6-5-7-18(21)29-22-17(25)14-28-23(31-22)30-19-13-16(9-10-20(19)34-4)11-12-27-24(35)26-3;1-14(2)32(29,30)20-7-5-4-6-17(20)26-21-16(23)13-25-22(28-21)27-18-12-15(10-11-24)8-9-19(18)31-3/h5-10,13-15H,11-12H2,1-4H3,(H2,26,27,35)(H2,28,29,30,31);4-9,12-14H,10-11,24H2,1-3H3,(H2,25,26,27,28). The van der Waals surface area contributed by atoms with E-state index in [1.807, 2.05) is 36.4 Å². The Balaban J connectivity index is 0.000000256. The first-order valence-corrected chi connectivity index (χ1v) is 25.5. The summed E-state index contributed by atoms with van der Waals surface area (Å²) in [5.74, 6) is 2.29. The molecule has 362 valence electrons. The van der Waals surface area contributed by atoms with Crippen LogP contribution in [0.1, 0.15) is 38.8 Å². The number of thiocarbonyl (C=S) groups is 1. The number of benzene rings is 4. The van der Waals surface area contributed by atoms with Gasteiger partial charge >= 0.3 is 0 Å². The van der Waals surface area contributed by atoms with Gasteiger partial charge in [-0.15, -0.1) is 0 Å². The van der Waals surface area contributed by atoms with Crippen molar-refractivity contribution in [1.82, 2.24) is 30.6 Å². The zero-order chi connectivity index (χ0) is 49.6. The second-order valence-electron chi connectivity index (χ2n) is 15.3. The molecule has 0 saturated heterocycles. The van der Waals surface area contributed by atoms with Gasteiger partial charge in [-0.3, -0.25) is 0 Å². The van der Waals surface area contributed by atoms with E-state index < -0.39 is 30.2 Å². The van der Waals surface area contributed by atoms with Crippen LogP contribution in [0.15, 0.2) is 107 Å². The van der Waals surface area contributed by atoms with E-state index in [0.717, 1.165) is 17.5 Å². The van der Waals surface area contributed by atoms with Crippen LogP contribution in [-0.4, -0.2) is 86.7 Å². The van der Waals surface area contributed by atoms with Crippen LogP contribution in [0.5, 0.6) is 11.5 Å². The van der Waals surface area contributed by atoms with Crippen molar-refractivity contribution in [3.8, 4) is 11.5 Å². The molecular weight excluding hydrogens is 970 g/mol. The number of nitrogens with zero attached hydrogens (tertiary/aromatic N) is 4. The molecule has 0 unspecified atom stereocenters. The third kappa shape index (κ3) is 13.8. The molecule has 22 heteroatoms. The molecule has 0 radical (unpaired) electrons. The Morgan fingerprint density at radius 1 is 0.647 bits per heavy atom. The number of anilines is 8. The van der Waals surface area contributed by atoms with Gasteiger partial charge in [-0.2, -0.15) is 9.97 Å². The van der Waals surface area contributed by atoms with Crippen LogP contribution in [0.2, 0.25) is 10.0 Å². The largest absolute Gasteiger partial charge is 0.495 e. The van der Waals surface area contributed by atoms with Crippen molar-refractivity contribution in [2.75, 3.05) is 55.6 Å². The summed E-state index contributed by atoms with van der Waals surface area (Å²) in [7, 11) is -2.12. The number of nitrogens with one attached hydrogen (secondary N) is 6. The number of para-hydroxylation sites is 2. The average Bonchev–Trinajstić information content (AvgIpc) is 3.31. The Kier molecular flexibility index (Phi) is 18.9. The van der Waals surface area contributed by atoms with Crippen molar-refractivity contribution in [2.45, 2.75) is 60.8 Å². The van der Waals surface area contributed by atoms with Gasteiger partial charge in [0.25, 0.3) is 0 Å². The van der Waals surface area contributed by atoms with E-state index >= 15 is 0 Å². The van der Waals surface area contributed by atoms with Crippen molar-refractivity contribution in [1.29, 1.82) is 0 Å². The van der Waals surface area contributed by atoms with Crippen LogP contribution in [0.4, 0.5) is 46.3 Å². The van der Waals surface area contributed by atoms with Crippen molar-refractivity contribution < 1.29 is 26.3 Å². The number of nitrogens with two attached hydrogens (primary N) is 1. The summed E-state index contributed by atoms with van der Waals surface area (Å²) in [6.45, 7) is 7.73. The molecule has 8 N–H and O–H groups in total. The molecule has 2 heterocycles. The number of methoxy groups -OCH3 is 2. The highest BCUT2D eigenvalue weighted by Crippen LogP contribution is 2.34. The summed E-state index contributed by atoms with van der Waals surface area (Å²) in [5.41, 5.74) is 9.85. The molecule has 0 amide bonds. The van der Waals surface area contributed by atoms with Gasteiger partial charge in [0.1, 0.15) is 21.5 Å². The average molecular weight is 1030 g/mol. The molecule has 0 saturated carbocycles. The maximum atomic E-state index is 12.8. The third-order valence-electron chi connectivity index (χ3n) is 10.0. The first-order chi connectivity index (χ1) is 32.4. The number of hydrogen-bond acceptors (Lipinski definition) is 16. The summed E-state index contributed by atoms with van der Waals surface area (Å²) in [5, 5.41) is 18.3. The van der Waals surface area contributed by atoms with E-state index in [1.54, 1.807) is 97.5 Å². The fourth-order valence-corrected chi connectivity index (χ4v) is 9.04. The summed E-state index contributed by atoms with van der Waals surface area (Å²) in [6.07, 6.45) is 4.33. The molecule has 6 rings (SSSR count). The summed E-state index contributed by atoms with van der Waals surface area (Å²) >= 11 is 17.8. The zero-order valence-corrected chi connectivity index (χ0v) is 42.5. The Morgan fingerprint density at radius 3 is 1.47 bits per heavy atom. The Labute approximate surface area is 413 Å². The number of aromatic nitrogens is 4. The lowest BCUT2D eigenvalue weighted by atomic mass is 10.1. The highest BCUT2D eigenvalue weighted by molar-refractivity contribution is 7.92. The normalized spacial score (nSPS) is 11.3. The highest BCUT2D eigenvalue weighted by Gasteiger charge is 2.25. The molecule has 0 spiro atoms. The molecule has 4 aromatic carbocycles. The van der Waals surface area contributed by atoms with E-state index in [9.17, 15) is 16.8 Å². The van der Waals surface area contributed by atoms with Gasteiger partial charge in [0.15, 0.2) is 36.4 Å². The van der Waals surface area contributed by atoms with E-state index in [-0.39, 0.29) is 43.4 Å². The molecule has 0 aliphatic heterocycles. The molecule has 0 bridgehead atoms. The van der Waals surface area contributed by atoms with Crippen LogP contribution < -0.4 is 47.1 Å². The number of sulfone groups is 2. The van der Waals surface area contributed by atoms with Gasteiger partial charge in [-0.25, -0.2) is 26.8 Å². The minimum absolute atomic E-state index is 0.171. The Morgan fingerprint density at radius 2 is 1.07 bits per heavy atom. The van der Waals surface area contributed by atoms with E-state index in [1.165, 1.54) is 12.4 Å². The summed E-state index contributed by atoms with van der Waals surface area (Å²) in [6, 6.07) is 24.8. The van der Waals surface area contributed by atoms with Crippen molar-refractivity contribution in [3.63, 3.8) is 0 Å². The lowest BCUT2D eigenvalue weighted by Crippen LogP contribution is -2.33. The third-order valence-corrected chi connectivity index (χ3v) is 15.3. The SMILES string of the molecule is CNC(=S)NCCc1ccc(OC)c(Nc2ncc(Cl)c(Nc3ccccc3S(=O)(=O)C(C)C)n2)c1.COc1ccc(CCN)cc1Nc1ncc(Cl)c(Nc2ccccc2S(=O)(=O)C(C)C)n1. The maximum absolute atomic E-state index is 12.8. The Hall–Kier alpha value is -6.03. The maximum Gasteiger partial charge on any atom is 0.229 e. The fourth-order valence-electron chi connectivity index (χ4n) is 6.26. The van der Waals surface area contributed by atoms with Gasteiger partial charge < -0.3 is 47.1 Å². The van der Waals surface area contributed by atoms with Crippen molar-refractivity contribution in [3.05, 3.63) is 118 Å². The molecule has 2 aromatic heterocycles. The smallest absolute Gasteiger partial charge is 0.229 e. The molecule has 0 aliphatic rings. The lowest BCUT2D eigenvalue weighted by Gasteiger charge is -2.16. The molecular formula is C46H55Cl2N11O6S3. The van der Waals surface area contributed by atoms with Crippen molar-refractivity contribution in [2.24, 2.45) is 5.73 Å². The predicted octanol–water partition coefficient (Wildman–Crippen LogP) is 8.75. The van der Waals surface area contributed by atoms with E-state index in [4.69, 9.17) is 50.6 Å². The molecule has 0 atom stereocenters. The minimum Gasteiger partial charge on any atom is -0.495 e. The molecule has 17 nitrogen and oxygen atoms in total. The fraction of sp³-hybridized carbons (Fsp3) is 0.283. The monoisotopic (exact) mass is 1020 g/mol. The summed E-state index contributed by atoms with van der Waals surface area (Å²) in [4.78, 5) is 17.8. The van der Waals surface area contributed by atoms with Gasteiger partial charge in [-0.05, 0) is 119 Å². The topological polar surface area (TPSA) is 236 Å². The lowest BCUT2D eigenvalue weighted by molar-refractivity contribution is 0.416. The number of halogens is 2.